The van der Waals surface area contributed by atoms with Gasteiger partial charge in [-0.05, 0) is 18.9 Å². The molecule has 0 bridgehead atoms. The van der Waals surface area contributed by atoms with E-state index in [1.54, 1.807) is 10.9 Å². The van der Waals surface area contributed by atoms with Crippen LogP contribution in [0.15, 0.2) is 18.5 Å². The van der Waals surface area contributed by atoms with Crippen LogP contribution >= 0.6 is 0 Å². The van der Waals surface area contributed by atoms with Gasteiger partial charge < -0.3 is 0 Å². The van der Waals surface area contributed by atoms with Crippen molar-refractivity contribution < 1.29 is 4.79 Å². The third-order valence-electron chi connectivity index (χ3n) is 2.51. The van der Waals surface area contributed by atoms with Gasteiger partial charge in [0.15, 0.2) is 5.78 Å². The summed E-state index contributed by atoms with van der Waals surface area (Å²) in [6.07, 6.45) is 6.13. The van der Waals surface area contributed by atoms with Crippen LogP contribution in [0.25, 0.3) is 0 Å². The highest BCUT2D eigenvalue weighted by molar-refractivity contribution is 5.88. The Morgan fingerprint density at radius 3 is 2.83 bits per heavy atom. The molecule has 1 aliphatic rings. The van der Waals surface area contributed by atoms with Crippen molar-refractivity contribution in [3.63, 3.8) is 0 Å². The van der Waals surface area contributed by atoms with Crippen LogP contribution in [0.1, 0.15) is 26.2 Å². The highest BCUT2D eigenvalue weighted by atomic mass is 16.1. The van der Waals surface area contributed by atoms with Crippen molar-refractivity contribution in [2.45, 2.75) is 31.7 Å². The first-order valence-electron chi connectivity index (χ1n) is 4.33. The minimum atomic E-state index is -0.252. The van der Waals surface area contributed by atoms with Gasteiger partial charge in [-0.2, -0.15) is 5.10 Å². The van der Waals surface area contributed by atoms with Crippen LogP contribution in [0.5, 0.6) is 0 Å². The summed E-state index contributed by atoms with van der Waals surface area (Å²) in [7, 11) is 0. The van der Waals surface area contributed by atoms with Crippen molar-refractivity contribution in [3.8, 4) is 0 Å². The lowest BCUT2D eigenvalue weighted by molar-refractivity contribution is -0.123. The molecule has 0 saturated heterocycles. The number of hydrogen-bond acceptors (Lipinski definition) is 2. The third-order valence-corrected chi connectivity index (χ3v) is 2.51. The van der Waals surface area contributed by atoms with E-state index in [-0.39, 0.29) is 5.54 Å². The first-order chi connectivity index (χ1) is 5.79. The predicted molar refractivity (Wildman–Crippen MR) is 44.7 cm³/mol. The molecule has 0 amide bonds. The fourth-order valence-electron chi connectivity index (χ4n) is 1.61. The van der Waals surface area contributed by atoms with Gasteiger partial charge in [0.05, 0.1) is 0 Å². The van der Waals surface area contributed by atoms with Crippen molar-refractivity contribution >= 4 is 5.78 Å². The zero-order valence-corrected chi connectivity index (χ0v) is 7.16. The average Bonchev–Trinajstić information content (AvgIpc) is 2.73. The summed E-state index contributed by atoms with van der Waals surface area (Å²) in [5.41, 5.74) is -0.252. The molecule has 0 spiro atoms. The van der Waals surface area contributed by atoms with E-state index in [0.717, 1.165) is 12.8 Å². The van der Waals surface area contributed by atoms with Gasteiger partial charge in [-0.3, -0.25) is 9.48 Å². The Hall–Kier alpha value is -1.12. The van der Waals surface area contributed by atoms with Crippen molar-refractivity contribution in [2.75, 3.05) is 0 Å². The zero-order valence-electron chi connectivity index (χ0n) is 7.16. The lowest BCUT2D eigenvalue weighted by Gasteiger charge is -2.12. The molecule has 12 heavy (non-hydrogen) atoms. The smallest absolute Gasteiger partial charge is 0.160 e. The van der Waals surface area contributed by atoms with Gasteiger partial charge >= 0.3 is 0 Å². The Bertz CT molecular complexity index is 285. The van der Waals surface area contributed by atoms with Crippen LogP contribution in [0.4, 0.5) is 0 Å². The highest BCUT2D eigenvalue weighted by Crippen LogP contribution is 2.44. The summed E-state index contributed by atoms with van der Waals surface area (Å²) in [6, 6.07) is 1.86. The summed E-state index contributed by atoms with van der Waals surface area (Å²) in [6.45, 7) is 1.91. The van der Waals surface area contributed by atoms with E-state index in [1.807, 2.05) is 19.2 Å². The van der Waals surface area contributed by atoms with Crippen molar-refractivity contribution in [2.24, 2.45) is 0 Å². The molecule has 3 heteroatoms. The molecule has 1 aliphatic carbocycles. The van der Waals surface area contributed by atoms with Gasteiger partial charge in [-0.1, -0.05) is 6.92 Å². The molecule has 1 fully saturated rings. The second-order valence-electron chi connectivity index (χ2n) is 3.26. The van der Waals surface area contributed by atoms with E-state index in [4.69, 9.17) is 0 Å². The molecule has 2 rings (SSSR count). The summed E-state index contributed by atoms with van der Waals surface area (Å²) >= 11 is 0. The second kappa shape index (κ2) is 2.44. The van der Waals surface area contributed by atoms with Crippen molar-refractivity contribution in [3.05, 3.63) is 18.5 Å². The molecule has 1 saturated carbocycles. The van der Waals surface area contributed by atoms with Crippen molar-refractivity contribution in [1.29, 1.82) is 0 Å². The molecule has 3 nitrogen and oxygen atoms in total. The number of ketones is 1. The van der Waals surface area contributed by atoms with Crippen LogP contribution in [-0.4, -0.2) is 15.6 Å². The standard InChI is InChI=1S/C9H12N2O/c1-2-8(12)9(4-5-9)11-7-3-6-10-11/h3,6-7H,2,4-5H2,1H3. The monoisotopic (exact) mass is 164 g/mol. The largest absolute Gasteiger partial charge is 0.297 e. The molecule has 0 atom stereocenters. The molecule has 0 aromatic carbocycles. The van der Waals surface area contributed by atoms with E-state index in [0.29, 0.717) is 12.2 Å². The van der Waals surface area contributed by atoms with Gasteiger partial charge in [0.2, 0.25) is 0 Å². The van der Waals surface area contributed by atoms with Crippen molar-refractivity contribution in [1.82, 2.24) is 9.78 Å². The lowest BCUT2D eigenvalue weighted by Crippen LogP contribution is -2.27. The summed E-state index contributed by atoms with van der Waals surface area (Å²) in [4.78, 5) is 11.5. The number of nitrogens with zero attached hydrogens (tertiary/aromatic N) is 2. The van der Waals surface area contributed by atoms with E-state index in [1.165, 1.54) is 0 Å². The Kier molecular flexibility index (Phi) is 1.53. The van der Waals surface area contributed by atoms with Gasteiger partial charge in [0.25, 0.3) is 0 Å². The first-order valence-corrected chi connectivity index (χ1v) is 4.33. The lowest BCUT2D eigenvalue weighted by atomic mass is 10.1. The Morgan fingerprint density at radius 2 is 2.42 bits per heavy atom. The van der Waals surface area contributed by atoms with Crippen LogP contribution in [0.2, 0.25) is 0 Å². The van der Waals surface area contributed by atoms with Gasteiger partial charge in [0.1, 0.15) is 5.54 Å². The van der Waals surface area contributed by atoms with E-state index >= 15 is 0 Å². The Morgan fingerprint density at radius 1 is 1.67 bits per heavy atom. The third kappa shape index (κ3) is 0.891. The maximum atomic E-state index is 11.5. The van der Waals surface area contributed by atoms with E-state index in [2.05, 4.69) is 5.10 Å². The molecule has 0 radical (unpaired) electrons. The van der Waals surface area contributed by atoms with Crippen LogP contribution < -0.4 is 0 Å². The topological polar surface area (TPSA) is 34.9 Å². The van der Waals surface area contributed by atoms with Crippen LogP contribution in [0.3, 0.4) is 0 Å². The van der Waals surface area contributed by atoms with E-state index in [9.17, 15) is 4.79 Å². The number of Topliss-reactive ketones (excluding diaryl/α,β-unsaturated/α-hetero) is 1. The first kappa shape index (κ1) is 7.53. The SMILES string of the molecule is CCC(=O)C1(n2cccn2)CC1. The fraction of sp³-hybridized carbons (Fsp3) is 0.556. The van der Waals surface area contributed by atoms with Gasteiger partial charge in [0, 0.05) is 18.8 Å². The average molecular weight is 164 g/mol. The predicted octanol–water partition coefficient (Wildman–Crippen LogP) is 1.35. The molecular formula is C9H12N2O. The quantitative estimate of drug-likeness (QED) is 0.676. The molecular weight excluding hydrogens is 152 g/mol. The summed E-state index contributed by atoms with van der Waals surface area (Å²) in [5, 5.41) is 4.12. The molecule has 1 aromatic heterocycles. The molecule has 1 aromatic rings. The summed E-state index contributed by atoms with van der Waals surface area (Å²) in [5.74, 6) is 0.311. The second-order valence-corrected chi connectivity index (χ2v) is 3.26. The summed E-state index contributed by atoms with van der Waals surface area (Å²) < 4.78 is 1.80. The number of rotatable bonds is 3. The highest BCUT2D eigenvalue weighted by Gasteiger charge is 2.50. The number of carbonyl (C=O) groups excluding carboxylic acids is 1. The van der Waals surface area contributed by atoms with Crippen LogP contribution in [0, 0.1) is 0 Å². The van der Waals surface area contributed by atoms with E-state index < -0.39 is 0 Å². The maximum Gasteiger partial charge on any atom is 0.160 e. The molecule has 0 N–H and O–H groups in total. The van der Waals surface area contributed by atoms with Gasteiger partial charge in [-0.25, -0.2) is 0 Å². The maximum absolute atomic E-state index is 11.5. The molecule has 1 heterocycles. The Balaban J connectivity index is 2.28. The molecule has 0 unspecified atom stereocenters. The number of aromatic nitrogens is 2. The van der Waals surface area contributed by atoms with Crippen LogP contribution in [-0.2, 0) is 10.3 Å². The minimum Gasteiger partial charge on any atom is -0.297 e. The Labute approximate surface area is 71.4 Å². The zero-order chi connectivity index (χ0) is 8.60. The van der Waals surface area contributed by atoms with Gasteiger partial charge in [-0.15, -0.1) is 0 Å². The normalized spacial score (nSPS) is 19.1. The number of carbonyl (C=O) groups is 1. The molecule has 0 aliphatic heterocycles. The molecule has 64 valence electrons. The fourth-order valence-corrected chi connectivity index (χ4v) is 1.61. The number of hydrogen-bond donors (Lipinski definition) is 0. The minimum absolute atomic E-state index is 0.252.